The van der Waals surface area contributed by atoms with Crippen molar-refractivity contribution in [2.45, 2.75) is 39.5 Å². The summed E-state index contributed by atoms with van der Waals surface area (Å²) in [6.07, 6.45) is 7.21. The van der Waals surface area contributed by atoms with Gasteiger partial charge in [-0.3, -0.25) is 9.59 Å². The van der Waals surface area contributed by atoms with Gasteiger partial charge < -0.3 is 4.98 Å². The van der Waals surface area contributed by atoms with Gasteiger partial charge >= 0.3 is 0 Å². The minimum Gasteiger partial charge on any atom is -0.326 e. The summed E-state index contributed by atoms with van der Waals surface area (Å²) in [6.45, 7) is 3.94. The highest BCUT2D eigenvalue weighted by atomic mass is 16.1. The van der Waals surface area contributed by atoms with E-state index < -0.39 is 0 Å². The van der Waals surface area contributed by atoms with E-state index in [4.69, 9.17) is 0 Å². The molecule has 0 saturated heterocycles. The molecule has 1 N–H and O–H groups in total. The number of carbonyl (C=O) groups excluding carboxylic acids is 1. The zero-order chi connectivity index (χ0) is 16.4. The minimum absolute atomic E-state index is 0.204. The first-order valence-electron chi connectivity index (χ1n) is 8.10. The average molecular weight is 307 g/mol. The van der Waals surface area contributed by atoms with E-state index in [0.29, 0.717) is 5.56 Å². The summed E-state index contributed by atoms with van der Waals surface area (Å²) in [5, 5.41) is 0. The van der Waals surface area contributed by atoms with E-state index in [1.165, 1.54) is 11.6 Å². The SMILES string of the molecule is Cc1ccc(/C=C\C(=O)c2c3c(c(C)[nH]c2=O)CCCC3)cc1. The maximum Gasteiger partial charge on any atom is 0.259 e. The summed E-state index contributed by atoms with van der Waals surface area (Å²) in [5.74, 6) is -0.204. The number of aromatic amines is 1. The molecule has 0 aliphatic heterocycles. The van der Waals surface area contributed by atoms with Gasteiger partial charge in [-0.1, -0.05) is 35.9 Å². The molecule has 0 unspecified atom stereocenters. The molecule has 0 atom stereocenters. The monoisotopic (exact) mass is 307 g/mol. The Kier molecular flexibility index (Phi) is 4.28. The summed E-state index contributed by atoms with van der Waals surface area (Å²) in [7, 11) is 0. The van der Waals surface area contributed by atoms with Gasteiger partial charge in [0, 0.05) is 5.69 Å². The number of allylic oxidation sites excluding steroid dienone is 1. The van der Waals surface area contributed by atoms with E-state index >= 15 is 0 Å². The van der Waals surface area contributed by atoms with Gasteiger partial charge in [-0.05, 0) is 62.3 Å². The molecule has 3 rings (SSSR count). The summed E-state index contributed by atoms with van der Waals surface area (Å²) in [5.41, 5.74) is 5.22. The van der Waals surface area contributed by atoms with Crippen LogP contribution in [-0.4, -0.2) is 10.8 Å². The summed E-state index contributed by atoms with van der Waals surface area (Å²) < 4.78 is 0. The molecule has 1 aliphatic carbocycles. The highest BCUT2D eigenvalue weighted by Gasteiger charge is 2.21. The Bertz CT molecular complexity index is 826. The minimum atomic E-state index is -0.262. The molecule has 0 fully saturated rings. The van der Waals surface area contributed by atoms with Crippen LogP contribution in [0.3, 0.4) is 0 Å². The molecule has 0 spiro atoms. The van der Waals surface area contributed by atoms with Gasteiger partial charge in [-0.15, -0.1) is 0 Å². The number of ketones is 1. The van der Waals surface area contributed by atoms with E-state index in [1.807, 2.05) is 38.1 Å². The number of pyridine rings is 1. The number of benzene rings is 1. The highest BCUT2D eigenvalue weighted by Crippen LogP contribution is 2.25. The van der Waals surface area contributed by atoms with E-state index in [0.717, 1.165) is 48.1 Å². The van der Waals surface area contributed by atoms with Crippen molar-refractivity contribution in [3.8, 4) is 0 Å². The first-order chi connectivity index (χ1) is 11.1. The van der Waals surface area contributed by atoms with E-state index in [9.17, 15) is 9.59 Å². The van der Waals surface area contributed by atoms with Crippen molar-refractivity contribution >= 4 is 11.9 Å². The Labute approximate surface area is 136 Å². The van der Waals surface area contributed by atoms with Crippen molar-refractivity contribution < 1.29 is 4.79 Å². The second-order valence-corrected chi connectivity index (χ2v) is 6.23. The first kappa shape index (κ1) is 15.5. The van der Waals surface area contributed by atoms with Crippen molar-refractivity contribution in [2.75, 3.05) is 0 Å². The van der Waals surface area contributed by atoms with Crippen molar-refractivity contribution in [2.24, 2.45) is 0 Å². The molecular formula is C20H21NO2. The predicted octanol–water partition coefficient (Wildman–Crippen LogP) is 3.77. The molecular weight excluding hydrogens is 286 g/mol. The normalized spacial score (nSPS) is 14.0. The zero-order valence-corrected chi connectivity index (χ0v) is 13.6. The molecule has 0 amide bonds. The van der Waals surface area contributed by atoms with E-state index in [1.54, 1.807) is 6.08 Å². The maximum absolute atomic E-state index is 12.6. The number of hydrogen-bond donors (Lipinski definition) is 1. The van der Waals surface area contributed by atoms with Gasteiger partial charge in [0.1, 0.15) is 0 Å². The molecule has 1 heterocycles. The molecule has 2 aromatic rings. The summed E-state index contributed by atoms with van der Waals surface area (Å²) in [6, 6.07) is 7.94. The van der Waals surface area contributed by atoms with Crippen molar-refractivity contribution in [3.05, 3.63) is 74.2 Å². The molecule has 0 bridgehead atoms. The lowest BCUT2D eigenvalue weighted by molar-refractivity contribution is 0.104. The Balaban J connectivity index is 1.96. The van der Waals surface area contributed by atoms with Gasteiger partial charge in [0.05, 0.1) is 5.56 Å². The number of rotatable bonds is 3. The van der Waals surface area contributed by atoms with Crippen LogP contribution in [0, 0.1) is 13.8 Å². The molecule has 23 heavy (non-hydrogen) atoms. The molecule has 0 radical (unpaired) electrons. The van der Waals surface area contributed by atoms with Gasteiger partial charge in [0.25, 0.3) is 5.56 Å². The number of fused-ring (bicyclic) bond motifs is 1. The molecule has 3 nitrogen and oxygen atoms in total. The van der Waals surface area contributed by atoms with Gasteiger partial charge in [0.2, 0.25) is 0 Å². The van der Waals surface area contributed by atoms with Crippen LogP contribution < -0.4 is 5.56 Å². The lowest BCUT2D eigenvalue weighted by Crippen LogP contribution is -2.24. The number of aryl methyl sites for hydroxylation is 2. The summed E-state index contributed by atoms with van der Waals surface area (Å²) in [4.78, 5) is 27.7. The van der Waals surface area contributed by atoms with Crippen LogP contribution in [0.2, 0.25) is 0 Å². The third-order valence-electron chi connectivity index (χ3n) is 4.50. The van der Waals surface area contributed by atoms with Crippen LogP contribution in [0.25, 0.3) is 6.08 Å². The van der Waals surface area contributed by atoms with Gasteiger partial charge in [-0.25, -0.2) is 0 Å². The smallest absolute Gasteiger partial charge is 0.259 e. The highest BCUT2D eigenvalue weighted by molar-refractivity contribution is 6.07. The molecule has 118 valence electrons. The maximum atomic E-state index is 12.6. The Morgan fingerprint density at radius 3 is 2.39 bits per heavy atom. The lowest BCUT2D eigenvalue weighted by atomic mass is 9.87. The van der Waals surface area contributed by atoms with Crippen LogP contribution in [0.15, 0.2) is 35.1 Å². The van der Waals surface area contributed by atoms with Crippen LogP contribution in [0.5, 0.6) is 0 Å². The quantitative estimate of drug-likeness (QED) is 0.693. The Hall–Kier alpha value is -2.42. The largest absolute Gasteiger partial charge is 0.326 e. The molecule has 1 aliphatic rings. The van der Waals surface area contributed by atoms with Crippen molar-refractivity contribution in [3.63, 3.8) is 0 Å². The third-order valence-corrected chi connectivity index (χ3v) is 4.50. The second-order valence-electron chi connectivity index (χ2n) is 6.23. The van der Waals surface area contributed by atoms with Crippen LogP contribution >= 0.6 is 0 Å². The fraction of sp³-hybridized carbons (Fsp3) is 0.300. The molecule has 1 aromatic heterocycles. The van der Waals surface area contributed by atoms with Gasteiger partial charge in [-0.2, -0.15) is 0 Å². The van der Waals surface area contributed by atoms with Crippen molar-refractivity contribution in [1.82, 2.24) is 4.98 Å². The number of carbonyl (C=O) groups is 1. The lowest BCUT2D eigenvalue weighted by Gasteiger charge is -2.19. The second kappa shape index (κ2) is 6.37. The standard InChI is InChI=1S/C20H21NO2/c1-13-7-9-15(10-8-13)11-12-18(22)19-17-6-4-3-5-16(17)14(2)21-20(19)23/h7-12H,3-6H2,1-2H3,(H,21,23)/b12-11-. The Morgan fingerprint density at radius 2 is 1.70 bits per heavy atom. The molecule has 0 saturated carbocycles. The average Bonchev–Trinajstić information content (AvgIpc) is 2.54. The summed E-state index contributed by atoms with van der Waals surface area (Å²) >= 11 is 0. The number of aromatic nitrogens is 1. The van der Waals surface area contributed by atoms with Crippen LogP contribution in [-0.2, 0) is 12.8 Å². The Morgan fingerprint density at radius 1 is 1.04 bits per heavy atom. The van der Waals surface area contributed by atoms with Crippen LogP contribution in [0.4, 0.5) is 0 Å². The zero-order valence-electron chi connectivity index (χ0n) is 13.6. The fourth-order valence-electron chi connectivity index (χ4n) is 3.23. The van der Waals surface area contributed by atoms with Crippen molar-refractivity contribution in [1.29, 1.82) is 0 Å². The predicted molar refractivity (Wildman–Crippen MR) is 93.0 cm³/mol. The first-order valence-corrected chi connectivity index (χ1v) is 8.10. The van der Waals surface area contributed by atoms with E-state index in [-0.39, 0.29) is 11.3 Å². The van der Waals surface area contributed by atoms with Gasteiger partial charge in [0.15, 0.2) is 5.78 Å². The molecule has 3 heteroatoms. The fourth-order valence-corrected chi connectivity index (χ4v) is 3.23. The van der Waals surface area contributed by atoms with Crippen LogP contribution in [0.1, 0.15) is 51.1 Å². The number of hydrogen-bond acceptors (Lipinski definition) is 2. The topological polar surface area (TPSA) is 49.9 Å². The van der Waals surface area contributed by atoms with E-state index in [2.05, 4.69) is 4.98 Å². The number of nitrogens with one attached hydrogen (secondary N) is 1. The third kappa shape index (κ3) is 3.19. The number of H-pyrrole nitrogens is 1. The molecule has 1 aromatic carbocycles.